The second-order valence-electron chi connectivity index (χ2n) is 7.13. The van der Waals surface area contributed by atoms with Crippen molar-refractivity contribution in [1.29, 1.82) is 0 Å². The van der Waals surface area contributed by atoms with Crippen LogP contribution in [-0.4, -0.2) is 35.7 Å². The molecule has 1 aliphatic heterocycles. The van der Waals surface area contributed by atoms with Gasteiger partial charge < -0.3 is 9.47 Å². The van der Waals surface area contributed by atoms with E-state index in [-0.39, 0.29) is 23.5 Å². The van der Waals surface area contributed by atoms with E-state index in [1.807, 2.05) is 0 Å². The molecule has 0 bridgehead atoms. The summed E-state index contributed by atoms with van der Waals surface area (Å²) in [5.41, 5.74) is -1.27. The average molecular weight is 336 g/mol. The van der Waals surface area contributed by atoms with Crippen molar-refractivity contribution in [3.8, 4) is 0 Å². The molecular formula is C17H24N2O5. The van der Waals surface area contributed by atoms with Crippen LogP contribution in [0.25, 0.3) is 0 Å². The summed E-state index contributed by atoms with van der Waals surface area (Å²) < 4.78 is 12.9. The molecule has 24 heavy (non-hydrogen) atoms. The number of carbonyl (C=O) groups is 1. The molecule has 4 atom stereocenters. The normalized spacial score (nSPS) is 30.0. The van der Waals surface area contributed by atoms with Gasteiger partial charge in [-0.1, -0.05) is 13.8 Å². The summed E-state index contributed by atoms with van der Waals surface area (Å²) >= 11 is 0. The van der Waals surface area contributed by atoms with Crippen molar-refractivity contribution in [1.82, 2.24) is 9.55 Å². The molecule has 1 saturated heterocycles. The van der Waals surface area contributed by atoms with E-state index in [0.717, 1.165) is 12.8 Å². The number of hydrogen-bond acceptors (Lipinski definition) is 5. The van der Waals surface area contributed by atoms with E-state index in [1.54, 1.807) is 7.11 Å². The number of nitrogens with one attached hydrogen (secondary N) is 1. The van der Waals surface area contributed by atoms with Gasteiger partial charge in [-0.2, -0.15) is 0 Å². The fourth-order valence-corrected chi connectivity index (χ4v) is 4.04. The third-order valence-corrected chi connectivity index (χ3v) is 5.18. The molecule has 0 radical (unpaired) electrons. The van der Waals surface area contributed by atoms with Gasteiger partial charge in [0.05, 0.1) is 18.3 Å². The van der Waals surface area contributed by atoms with Crippen LogP contribution in [0.1, 0.15) is 43.3 Å². The quantitative estimate of drug-likeness (QED) is 0.788. The maximum absolute atomic E-state index is 12.3. The van der Waals surface area contributed by atoms with Crippen molar-refractivity contribution in [3.63, 3.8) is 0 Å². The van der Waals surface area contributed by atoms with Gasteiger partial charge in [0.2, 0.25) is 0 Å². The molecule has 1 saturated carbocycles. The van der Waals surface area contributed by atoms with Crippen LogP contribution in [0.15, 0.2) is 15.8 Å². The molecule has 1 N–H and O–H groups in total. The molecule has 1 aliphatic carbocycles. The van der Waals surface area contributed by atoms with Gasteiger partial charge in [0.15, 0.2) is 6.29 Å². The standard InChI is InChI=1S/C17H24N2O5/c1-9(2)13-12(8-23-3)24-16(14(13)10-4-5-10)19-6-11(7-20)15(21)18-17(19)22/h6-7,9-10,12-14,16H,4-5,8H2,1-3H3,(H,18,21,22). The first-order valence-corrected chi connectivity index (χ1v) is 8.43. The molecule has 0 aromatic carbocycles. The Morgan fingerprint density at radius 1 is 1.42 bits per heavy atom. The second-order valence-corrected chi connectivity index (χ2v) is 7.13. The Morgan fingerprint density at radius 3 is 2.67 bits per heavy atom. The smallest absolute Gasteiger partial charge is 0.330 e. The number of nitrogens with zero attached hydrogens (tertiary/aromatic N) is 1. The third kappa shape index (κ3) is 2.98. The second kappa shape index (κ2) is 6.64. The first kappa shape index (κ1) is 17.1. The molecule has 7 nitrogen and oxygen atoms in total. The Bertz CT molecular complexity index is 718. The van der Waals surface area contributed by atoms with Crippen LogP contribution in [0.5, 0.6) is 0 Å². The summed E-state index contributed by atoms with van der Waals surface area (Å²) in [6.45, 7) is 4.77. The van der Waals surface area contributed by atoms with Crippen molar-refractivity contribution in [2.45, 2.75) is 39.0 Å². The van der Waals surface area contributed by atoms with Crippen molar-refractivity contribution in [2.24, 2.45) is 23.7 Å². The molecule has 4 unspecified atom stereocenters. The minimum atomic E-state index is -0.666. The summed E-state index contributed by atoms with van der Waals surface area (Å²) in [7, 11) is 1.64. The number of H-pyrrole nitrogens is 1. The number of ether oxygens (including phenoxy) is 2. The average Bonchev–Trinajstić information content (AvgIpc) is 3.29. The molecular weight excluding hydrogens is 312 g/mol. The first-order chi connectivity index (χ1) is 11.5. The highest BCUT2D eigenvalue weighted by Crippen LogP contribution is 2.53. The SMILES string of the molecule is COCC1OC(n2cc(C=O)c(=O)[nH]c2=O)C(C2CC2)C1C(C)C. The molecule has 2 aliphatic rings. The fourth-order valence-electron chi connectivity index (χ4n) is 4.04. The monoisotopic (exact) mass is 336 g/mol. The number of aromatic amines is 1. The number of aldehydes is 1. The molecule has 0 spiro atoms. The van der Waals surface area contributed by atoms with E-state index in [9.17, 15) is 14.4 Å². The van der Waals surface area contributed by atoms with Gasteiger partial charge in [-0.25, -0.2) is 4.79 Å². The lowest BCUT2D eigenvalue weighted by Crippen LogP contribution is -2.37. The lowest BCUT2D eigenvalue weighted by Gasteiger charge is -2.27. The third-order valence-electron chi connectivity index (χ3n) is 5.18. The molecule has 7 heteroatoms. The highest BCUT2D eigenvalue weighted by atomic mass is 16.5. The lowest BCUT2D eigenvalue weighted by atomic mass is 9.78. The maximum atomic E-state index is 12.3. The van der Waals surface area contributed by atoms with E-state index < -0.39 is 17.5 Å². The van der Waals surface area contributed by atoms with Crippen molar-refractivity contribution >= 4 is 6.29 Å². The zero-order valence-corrected chi connectivity index (χ0v) is 14.2. The number of carbonyl (C=O) groups excluding carboxylic acids is 1. The van der Waals surface area contributed by atoms with Crippen LogP contribution in [0.3, 0.4) is 0 Å². The number of rotatable bonds is 6. The van der Waals surface area contributed by atoms with Crippen LogP contribution in [-0.2, 0) is 9.47 Å². The number of methoxy groups -OCH3 is 1. The summed E-state index contributed by atoms with van der Waals surface area (Å²) in [5, 5.41) is 0. The van der Waals surface area contributed by atoms with Crippen LogP contribution >= 0.6 is 0 Å². The van der Waals surface area contributed by atoms with Crippen molar-refractivity contribution in [2.75, 3.05) is 13.7 Å². The zero-order valence-electron chi connectivity index (χ0n) is 14.2. The van der Waals surface area contributed by atoms with Gasteiger partial charge in [0.25, 0.3) is 5.56 Å². The molecule has 3 rings (SSSR count). The fraction of sp³-hybridized carbons (Fsp3) is 0.706. The minimum Gasteiger partial charge on any atom is -0.382 e. The molecule has 132 valence electrons. The van der Waals surface area contributed by atoms with E-state index in [1.165, 1.54) is 10.8 Å². The van der Waals surface area contributed by atoms with Gasteiger partial charge in [0.1, 0.15) is 6.23 Å². The lowest BCUT2D eigenvalue weighted by molar-refractivity contribution is -0.0507. The minimum absolute atomic E-state index is 0.0657. The molecule has 1 aromatic heterocycles. The summed E-state index contributed by atoms with van der Waals surface area (Å²) in [5.74, 6) is 1.32. The Morgan fingerprint density at radius 2 is 2.12 bits per heavy atom. The summed E-state index contributed by atoms with van der Waals surface area (Å²) in [4.78, 5) is 37.2. The highest BCUT2D eigenvalue weighted by molar-refractivity contribution is 5.73. The van der Waals surface area contributed by atoms with Crippen LogP contribution < -0.4 is 11.2 Å². The Kier molecular flexibility index (Phi) is 4.73. The zero-order chi connectivity index (χ0) is 17.4. The van der Waals surface area contributed by atoms with E-state index >= 15 is 0 Å². The number of aromatic nitrogens is 2. The Balaban J connectivity index is 2.04. The van der Waals surface area contributed by atoms with Crippen molar-refractivity contribution in [3.05, 3.63) is 32.6 Å². The van der Waals surface area contributed by atoms with Gasteiger partial charge in [-0.3, -0.25) is 19.1 Å². The molecule has 0 amide bonds. The van der Waals surface area contributed by atoms with Gasteiger partial charge in [-0.15, -0.1) is 0 Å². The first-order valence-electron chi connectivity index (χ1n) is 8.43. The summed E-state index contributed by atoms with van der Waals surface area (Å²) in [6, 6.07) is 0. The van der Waals surface area contributed by atoms with E-state index in [4.69, 9.17) is 9.47 Å². The predicted octanol–water partition coefficient (Wildman–Crippen LogP) is 1.19. The molecule has 2 heterocycles. The highest BCUT2D eigenvalue weighted by Gasteiger charge is 2.52. The van der Waals surface area contributed by atoms with Crippen LogP contribution in [0.2, 0.25) is 0 Å². The van der Waals surface area contributed by atoms with Crippen LogP contribution in [0, 0.1) is 23.7 Å². The maximum Gasteiger partial charge on any atom is 0.330 e. The predicted molar refractivity (Wildman–Crippen MR) is 87.0 cm³/mol. The van der Waals surface area contributed by atoms with Gasteiger partial charge in [0, 0.05) is 19.2 Å². The molecule has 1 aromatic rings. The van der Waals surface area contributed by atoms with Gasteiger partial charge >= 0.3 is 5.69 Å². The topological polar surface area (TPSA) is 90.4 Å². The van der Waals surface area contributed by atoms with Gasteiger partial charge in [-0.05, 0) is 30.6 Å². The number of hydrogen-bond donors (Lipinski definition) is 1. The van der Waals surface area contributed by atoms with E-state index in [2.05, 4.69) is 18.8 Å². The van der Waals surface area contributed by atoms with Crippen molar-refractivity contribution < 1.29 is 14.3 Å². The largest absolute Gasteiger partial charge is 0.382 e. The Hall–Kier alpha value is -1.73. The van der Waals surface area contributed by atoms with E-state index in [0.29, 0.717) is 24.7 Å². The molecule has 2 fully saturated rings. The van der Waals surface area contributed by atoms with Crippen LogP contribution in [0.4, 0.5) is 0 Å². The summed E-state index contributed by atoms with van der Waals surface area (Å²) in [6.07, 6.45) is 3.43. The Labute approximate surface area is 140 Å².